The molecule has 4 nitrogen and oxygen atoms in total. The Labute approximate surface area is 117 Å². The zero-order valence-corrected chi connectivity index (χ0v) is 11.9. The van der Waals surface area contributed by atoms with Crippen LogP contribution in [-0.4, -0.2) is 31.8 Å². The van der Waals surface area contributed by atoms with Crippen LogP contribution in [0.25, 0.3) is 0 Å². The number of halogens is 2. The summed E-state index contributed by atoms with van der Waals surface area (Å²) in [6.07, 6.45) is 0.541. The molecule has 0 radical (unpaired) electrons. The predicted octanol–water partition coefficient (Wildman–Crippen LogP) is 3.07. The molecular formula is C12H17Cl2NO3. The Bertz CT molecular complexity index is 372. The Morgan fingerprint density at radius 2 is 2.00 bits per heavy atom. The van der Waals surface area contributed by atoms with Gasteiger partial charge in [0.25, 0.3) is 0 Å². The minimum atomic E-state index is -0.833. The molecule has 18 heavy (non-hydrogen) atoms. The average molecular weight is 294 g/mol. The monoisotopic (exact) mass is 293 g/mol. The lowest BCUT2D eigenvalue weighted by molar-refractivity contribution is -0.137. The third-order valence-electron chi connectivity index (χ3n) is 1.69. The number of rotatable bonds is 5. The van der Waals surface area contributed by atoms with E-state index in [4.69, 9.17) is 33.0 Å². The zero-order chi connectivity index (χ0) is 14.0. The second-order valence-electron chi connectivity index (χ2n) is 3.42. The number of carboxylic acid groups (broad SMARTS) is 1. The van der Waals surface area contributed by atoms with Gasteiger partial charge in [-0.05, 0) is 38.7 Å². The summed E-state index contributed by atoms with van der Waals surface area (Å²) in [7, 11) is 3.75. The van der Waals surface area contributed by atoms with Crippen LogP contribution in [-0.2, 0) is 4.79 Å². The lowest BCUT2D eigenvalue weighted by Gasteiger charge is -2.06. The fourth-order valence-corrected chi connectivity index (χ4v) is 1.46. The molecule has 0 aromatic heterocycles. The summed E-state index contributed by atoms with van der Waals surface area (Å²) in [6, 6.07) is 4.90. The van der Waals surface area contributed by atoms with Gasteiger partial charge in [0.1, 0.15) is 5.75 Å². The van der Waals surface area contributed by atoms with Crippen LogP contribution in [0, 0.1) is 0 Å². The molecule has 0 aliphatic heterocycles. The molecule has 0 bridgehead atoms. The standard InChI is InChI=1S/C10H10Cl2O3.C2H7N/c11-7-3-4-9(8(12)6-7)15-5-1-2-10(13)14;1-3-2/h3-4,6H,1-2,5H2,(H,13,14);3H,1-2H3. The first-order chi connectivity index (χ1) is 8.51. The number of benzene rings is 1. The third kappa shape index (κ3) is 8.17. The highest BCUT2D eigenvalue weighted by Gasteiger charge is 2.02. The number of hydrogen-bond donors (Lipinski definition) is 2. The summed E-state index contributed by atoms with van der Waals surface area (Å²) in [4.78, 5) is 10.2. The Morgan fingerprint density at radius 3 is 2.50 bits per heavy atom. The number of carbonyl (C=O) groups is 1. The Balaban J connectivity index is 0.000000873. The van der Waals surface area contributed by atoms with Crippen LogP contribution in [0.2, 0.25) is 10.0 Å². The van der Waals surface area contributed by atoms with Crippen molar-refractivity contribution in [2.24, 2.45) is 0 Å². The van der Waals surface area contributed by atoms with Gasteiger partial charge < -0.3 is 15.2 Å². The molecule has 0 unspecified atom stereocenters. The SMILES string of the molecule is CNC.O=C(O)CCCOc1ccc(Cl)cc1Cl. The van der Waals surface area contributed by atoms with Gasteiger partial charge in [-0.15, -0.1) is 0 Å². The molecule has 102 valence electrons. The van der Waals surface area contributed by atoms with Crippen molar-refractivity contribution in [1.82, 2.24) is 5.32 Å². The Hall–Kier alpha value is -0.970. The lowest BCUT2D eigenvalue weighted by Crippen LogP contribution is -2.02. The molecule has 0 aliphatic carbocycles. The highest BCUT2D eigenvalue weighted by atomic mass is 35.5. The second kappa shape index (κ2) is 10.00. The molecule has 0 saturated carbocycles. The van der Waals surface area contributed by atoms with E-state index in [0.717, 1.165) is 0 Å². The molecule has 0 heterocycles. The van der Waals surface area contributed by atoms with E-state index in [1.807, 2.05) is 14.1 Å². The van der Waals surface area contributed by atoms with E-state index in [0.29, 0.717) is 28.8 Å². The minimum absolute atomic E-state index is 0.0885. The van der Waals surface area contributed by atoms with E-state index in [1.165, 1.54) is 0 Å². The van der Waals surface area contributed by atoms with Crippen molar-refractivity contribution in [2.75, 3.05) is 20.7 Å². The smallest absolute Gasteiger partial charge is 0.303 e. The molecule has 0 fully saturated rings. The van der Waals surface area contributed by atoms with E-state index >= 15 is 0 Å². The van der Waals surface area contributed by atoms with Crippen molar-refractivity contribution < 1.29 is 14.6 Å². The third-order valence-corrected chi connectivity index (χ3v) is 2.22. The van der Waals surface area contributed by atoms with Gasteiger partial charge >= 0.3 is 5.97 Å². The first-order valence-electron chi connectivity index (χ1n) is 5.39. The summed E-state index contributed by atoms with van der Waals surface area (Å²) >= 11 is 11.5. The number of ether oxygens (including phenoxy) is 1. The van der Waals surface area contributed by atoms with Gasteiger partial charge in [-0.25, -0.2) is 0 Å². The summed E-state index contributed by atoms with van der Waals surface area (Å²) in [5, 5.41) is 12.1. The largest absolute Gasteiger partial charge is 0.492 e. The van der Waals surface area contributed by atoms with Crippen molar-refractivity contribution in [3.8, 4) is 5.75 Å². The van der Waals surface area contributed by atoms with Gasteiger partial charge in [0, 0.05) is 11.4 Å². The van der Waals surface area contributed by atoms with Crippen molar-refractivity contribution in [3.05, 3.63) is 28.2 Å². The van der Waals surface area contributed by atoms with Gasteiger partial charge in [-0.2, -0.15) is 0 Å². The van der Waals surface area contributed by atoms with E-state index in [-0.39, 0.29) is 6.42 Å². The molecule has 0 amide bonds. The lowest BCUT2D eigenvalue weighted by atomic mass is 10.3. The first-order valence-corrected chi connectivity index (χ1v) is 6.15. The number of hydrogen-bond acceptors (Lipinski definition) is 3. The van der Waals surface area contributed by atoms with Crippen LogP contribution in [0.15, 0.2) is 18.2 Å². The normalized spacial score (nSPS) is 9.33. The zero-order valence-electron chi connectivity index (χ0n) is 10.4. The average Bonchev–Trinajstić information content (AvgIpc) is 2.27. The van der Waals surface area contributed by atoms with Crippen molar-refractivity contribution in [3.63, 3.8) is 0 Å². The van der Waals surface area contributed by atoms with Crippen LogP contribution in [0.1, 0.15) is 12.8 Å². The van der Waals surface area contributed by atoms with Crippen LogP contribution in [0.4, 0.5) is 0 Å². The van der Waals surface area contributed by atoms with Gasteiger partial charge in [-0.3, -0.25) is 4.79 Å². The molecule has 1 aromatic rings. The molecule has 0 spiro atoms. The molecule has 1 aromatic carbocycles. The maximum atomic E-state index is 10.2. The maximum Gasteiger partial charge on any atom is 0.303 e. The number of nitrogens with one attached hydrogen (secondary N) is 1. The van der Waals surface area contributed by atoms with Crippen LogP contribution >= 0.6 is 23.2 Å². The van der Waals surface area contributed by atoms with Crippen molar-refractivity contribution in [1.29, 1.82) is 0 Å². The summed E-state index contributed by atoms with van der Waals surface area (Å²) in [5.41, 5.74) is 0. The molecule has 1 rings (SSSR count). The fourth-order valence-electron chi connectivity index (χ4n) is 0.998. The topological polar surface area (TPSA) is 58.6 Å². The van der Waals surface area contributed by atoms with E-state index in [2.05, 4.69) is 5.32 Å². The minimum Gasteiger partial charge on any atom is -0.492 e. The molecule has 2 N–H and O–H groups in total. The van der Waals surface area contributed by atoms with Gasteiger partial charge in [-0.1, -0.05) is 23.2 Å². The van der Waals surface area contributed by atoms with Crippen LogP contribution in [0.5, 0.6) is 5.75 Å². The Morgan fingerprint density at radius 1 is 1.39 bits per heavy atom. The number of aliphatic carboxylic acids is 1. The summed E-state index contributed by atoms with van der Waals surface area (Å²) in [6.45, 7) is 0.327. The van der Waals surface area contributed by atoms with E-state index in [1.54, 1.807) is 18.2 Å². The van der Waals surface area contributed by atoms with Gasteiger partial charge in [0.05, 0.1) is 11.6 Å². The van der Waals surface area contributed by atoms with Crippen LogP contribution < -0.4 is 10.1 Å². The number of carboxylic acids is 1. The Kier molecular flexibility index (Phi) is 9.46. The van der Waals surface area contributed by atoms with Crippen molar-refractivity contribution >= 4 is 29.2 Å². The summed E-state index contributed by atoms with van der Waals surface area (Å²) < 4.78 is 5.29. The fraction of sp³-hybridized carbons (Fsp3) is 0.417. The molecule has 0 atom stereocenters. The highest BCUT2D eigenvalue weighted by molar-refractivity contribution is 6.35. The molecular weight excluding hydrogens is 277 g/mol. The summed E-state index contributed by atoms with van der Waals surface area (Å²) in [5.74, 6) is -0.313. The van der Waals surface area contributed by atoms with Gasteiger partial charge in [0.15, 0.2) is 0 Å². The highest BCUT2D eigenvalue weighted by Crippen LogP contribution is 2.27. The quantitative estimate of drug-likeness (QED) is 0.819. The predicted molar refractivity (Wildman–Crippen MR) is 73.8 cm³/mol. The van der Waals surface area contributed by atoms with E-state index < -0.39 is 5.97 Å². The van der Waals surface area contributed by atoms with Crippen molar-refractivity contribution in [2.45, 2.75) is 12.8 Å². The van der Waals surface area contributed by atoms with E-state index in [9.17, 15) is 4.79 Å². The van der Waals surface area contributed by atoms with Crippen LogP contribution in [0.3, 0.4) is 0 Å². The molecule has 0 saturated heterocycles. The maximum absolute atomic E-state index is 10.2. The molecule has 0 aliphatic rings. The second-order valence-corrected chi connectivity index (χ2v) is 4.26. The first kappa shape index (κ1) is 17.0. The van der Waals surface area contributed by atoms with Gasteiger partial charge in [0.2, 0.25) is 0 Å². The molecule has 6 heteroatoms.